The molecule has 100 valence electrons. The number of hydrogen-bond donors (Lipinski definition) is 1. The smallest absolute Gasteiger partial charge is 0.263 e. The van der Waals surface area contributed by atoms with Crippen LogP contribution in [0, 0.1) is 5.92 Å². The van der Waals surface area contributed by atoms with Crippen molar-refractivity contribution in [1.82, 2.24) is 0 Å². The van der Waals surface area contributed by atoms with E-state index in [-0.39, 0.29) is 5.56 Å². The number of benzene rings is 1. The highest BCUT2D eigenvalue weighted by molar-refractivity contribution is 5.26. The van der Waals surface area contributed by atoms with Crippen LogP contribution in [-0.2, 0) is 4.74 Å². The van der Waals surface area contributed by atoms with E-state index in [1.807, 2.05) is 0 Å². The lowest BCUT2D eigenvalue weighted by atomic mass is 9.90. The van der Waals surface area contributed by atoms with Gasteiger partial charge in [0, 0.05) is 18.8 Å². The summed E-state index contributed by atoms with van der Waals surface area (Å²) in [5.41, 5.74) is 0.554. The lowest BCUT2D eigenvalue weighted by Gasteiger charge is -2.24. The Hall–Kier alpha value is -1.00. The van der Waals surface area contributed by atoms with Gasteiger partial charge in [0.15, 0.2) is 0 Å². The van der Waals surface area contributed by atoms with Gasteiger partial charge in [-0.2, -0.15) is 0 Å². The van der Waals surface area contributed by atoms with Crippen LogP contribution in [0.25, 0.3) is 0 Å². The number of aliphatic hydroxyl groups excluding tert-OH is 1. The first-order chi connectivity index (χ1) is 8.66. The summed E-state index contributed by atoms with van der Waals surface area (Å²) >= 11 is 0. The molecule has 1 N–H and O–H groups in total. The summed E-state index contributed by atoms with van der Waals surface area (Å²) in [7, 11) is 0. The molecule has 1 aliphatic heterocycles. The molecule has 2 rings (SSSR count). The molecule has 0 bridgehead atoms. The molecule has 0 aromatic heterocycles. The first-order valence-electron chi connectivity index (χ1n) is 6.30. The Balaban J connectivity index is 1.99. The molecule has 1 aliphatic rings. The minimum atomic E-state index is -2.49. The quantitative estimate of drug-likeness (QED) is 0.893. The van der Waals surface area contributed by atoms with E-state index in [0.717, 1.165) is 26.1 Å². The van der Waals surface area contributed by atoms with Gasteiger partial charge in [0.05, 0.1) is 6.10 Å². The number of hydrogen-bond acceptors (Lipinski definition) is 2. The zero-order valence-corrected chi connectivity index (χ0v) is 10.2. The van der Waals surface area contributed by atoms with E-state index in [1.165, 1.54) is 12.1 Å². The molecule has 0 amide bonds. The fourth-order valence-corrected chi connectivity index (χ4v) is 2.34. The van der Waals surface area contributed by atoms with Crippen molar-refractivity contribution in [2.45, 2.75) is 31.8 Å². The predicted molar refractivity (Wildman–Crippen MR) is 64.5 cm³/mol. The second-order valence-electron chi connectivity index (χ2n) is 4.78. The van der Waals surface area contributed by atoms with E-state index in [0.29, 0.717) is 17.9 Å². The Morgan fingerprint density at radius 2 is 1.89 bits per heavy atom. The van der Waals surface area contributed by atoms with Gasteiger partial charge in [0.2, 0.25) is 0 Å². The van der Waals surface area contributed by atoms with Crippen LogP contribution in [0.4, 0.5) is 8.78 Å². The van der Waals surface area contributed by atoms with Gasteiger partial charge in [0.1, 0.15) is 0 Å². The molecule has 18 heavy (non-hydrogen) atoms. The summed E-state index contributed by atoms with van der Waals surface area (Å²) in [4.78, 5) is 0. The van der Waals surface area contributed by atoms with Crippen molar-refractivity contribution in [2.75, 3.05) is 13.2 Å². The number of rotatable bonds is 4. The van der Waals surface area contributed by atoms with Crippen LogP contribution >= 0.6 is 0 Å². The summed E-state index contributed by atoms with van der Waals surface area (Å²) in [6, 6.07) is 6.06. The van der Waals surface area contributed by atoms with Crippen molar-refractivity contribution in [2.24, 2.45) is 5.92 Å². The van der Waals surface area contributed by atoms with Crippen molar-refractivity contribution in [1.29, 1.82) is 0 Å². The van der Waals surface area contributed by atoms with E-state index >= 15 is 0 Å². The molecule has 0 aliphatic carbocycles. The topological polar surface area (TPSA) is 29.5 Å². The monoisotopic (exact) mass is 256 g/mol. The Morgan fingerprint density at radius 1 is 1.22 bits per heavy atom. The summed E-state index contributed by atoms with van der Waals surface area (Å²) < 4.78 is 30.4. The van der Waals surface area contributed by atoms with Gasteiger partial charge in [0.25, 0.3) is 6.43 Å². The van der Waals surface area contributed by atoms with E-state index in [9.17, 15) is 13.9 Å². The molecule has 4 heteroatoms. The zero-order valence-electron chi connectivity index (χ0n) is 10.2. The number of ether oxygens (including phenoxy) is 1. The van der Waals surface area contributed by atoms with Crippen molar-refractivity contribution in [3.63, 3.8) is 0 Å². The summed E-state index contributed by atoms with van der Waals surface area (Å²) in [5, 5.41) is 10.1. The molecule has 0 spiro atoms. The van der Waals surface area contributed by atoms with E-state index < -0.39 is 12.5 Å². The highest BCUT2D eigenvalue weighted by Gasteiger charge is 2.19. The molecule has 0 saturated carbocycles. The molecule has 1 heterocycles. The maximum atomic E-state index is 12.6. The molecule has 2 nitrogen and oxygen atoms in total. The predicted octanol–water partition coefficient (Wildman–Crippen LogP) is 3.47. The Morgan fingerprint density at radius 3 is 2.56 bits per heavy atom. The molecule has 1 atom stereocenters. The van der Waals surface area contributed by atoms with Crippen LogP contribution in [0.2, 0.25) is 0 Å². The van der Waals surface area contributed by atoms with Gasteiger partial charge in [-0.3, -0.25) is 0 Å². The molecule has 1 fully saturated rings. The lowest BCUT2D eigenvalue weighted by Crippen LogP contribution is -2.18. The van der Waals surface area contributed by atoms with Crippen LogP contribution in [-0.4, -0.2) is 18.3 Å². The lowest BCUT2D eigenvalue weighted by molar-refractivity contribution is 0.0434. The molecular formula is C14H18F2O2. The van der Waals surface area contributed by atoms with Gasteiger partial charge < -0.3 is 9.84 Å². The first kappa shape index (κ1) is 13.4. The highest BCUT2D eigenvalue weighted by Crippen LogP contribution is 2.29. The summed E-state index contributed by atoms with van der Waals surface area (Å²) in [6.45, 7) is 1.46. The Kier molecular flexibility index (Phi) is 4.66. The summed E-state index contributed by atoms with van der Waals surface area (Å²) in [5.74, 6) is 0.420. The van der Waals surface area contributed by atoms with E-state index in [1.54, 1.807) is 12.1 Å². The Labute approximate surface area is 106 Å². The number of halogens is 2. The molecule has 1 aromatic carbocycles. The third kappa shape index (κ3) is 3.50. The van der Waals surface area contributed by atoms with Gasteiger partial charge in [-0.15, -0.1) is 0 Å². The first-order valence-corrected chi connectivity index (χ1v) is 6.30. The van der Waals surface area contributed by atoms with Gasteiger partial charge in [-0.25, -0.2) is 8.78 Å². The number of alkyl halides is 2. The third-order valence-electron chi connectivity index (χ3n) is 3.44. The Bertz CT molecular complexity index is 376. The normalized spacial score (nSPS) is 19.1. The number of aliphatic hydroxyl groups is 1. The van der Waals surface area contributed by atoms with Gasteiger partial charge >= 0.3 is 0 Å². The van der Waals surface area contributed by atoms with Gasteiger partial charge in [-0.1, -0.05) is 18.2 Å². The largest absolute Gasteiger partial charge is 0.388 e. The SMILES string of the molecule is OC(CC1CCOCC1)c1cccc(C(F)F)c1. The van der Waals surface area contributed by atoms with Crippen LogP contribution < -0.4 is 0 Å². The fourth-order valence-electron chi connectivity index (χ4n) is 2.34. The molecular weight excluding hydrogens is 238 g/mol. The van der Waals surface area contributed by atoms with Crippen molar-refractivity contribution < 1.29 is 18.6 Å². The summed E-state index contributed by atoms with van der Waals surface area (Å²) in [6.07, 6.45) is -0.653. The van der Waals surface area contributed by atoms with Crippen LogP contribution in [0.3, 0.4) is 0 Å². The standard InChI is InChI=1S/C14H18F2O2/c15-14(16)12-3-1-2-11(9-12)13(17)8-10-4-6-18-7-5-10/h1-3,9-10,13-14,17H,4-8H2. The molecule has 0 radical (unpaired) electrons. The minimum absolute atomic E-state index is 0.0291. The van der Waals surface area contributed by atoms with E-state index in [4.69, 9.17) is 4.74 Å². The average molecular weight is 256 g/mol. The maximum absolute atomic E-state index is 12.6. The van der Waals surface area contributed by atoms with Crippen LogP contribution in [0.15, 0.2) is 24.3 Å². The molecule has 1 unspecified atom stereocenters. The fraction of sp³-hybridized carbons (Fsp3) is 0.571. The second kappa shape index (κ2) is 6.25. The van der Waals surface area contributed by atoms with Crippen molar-refractivity contribution in [3.05, 3.63) is 35.4 Å². The van der Waals surface area contributed by atoms with Crippen molar-refractivity contribution >= 4 is 0 Å². The van der Waals surface area contributed by atoms with Gasteiger partial charge in [-0.05, 0) is 36.8 Å². The van der Waals surface area contributed by atoms with Crippen LogP contribution in [0.1, 0.15) is 42.9 Å². The van der Waals surface area contributed by atoms with Crippen molar-refractivity contribution in [3.8, 4) is 0 Å². The maximum Gasteiger partial charge on any atom is 0.263 e. The minimum Gasteiger partial charge on any atom is -0.388 e. The molecule has 1 saturated heterocycles. The third-order valence-corrected chi connectivity index (χ3v) is 3.44. The van der Waals surface area contributed by atoms with Crippen LogP contribution in [0.5, 0.6) is 0 Å². The second-order valence-corrected chi connectivity index (χ2v) is 4.78. The molecule has 1 aromatic rings. The van der Waals surface area contributed by atoms with E-state index in [2.05, 4.69) is 0 Å². The average Bonchev–Trinajstić information content (AvgIpc) is 2.40. The zero-order chi connectivity index (χ0) is 13.0. The highest BCUT2D eigenvalue weighted by atomic mass is 19.3.